The number of nitrogens with one attached hydrogen (secondary N) is 1. The largest absolute Gasteiger partial charge is 0.483 e. The van der Waals surface area contributed by atoms with Crippen LogP contribution in [0.3, 0.4) is 0 Å². The molecule has 9 nitrogen and oxygen atoms in total. The van der Waals surface area contributed by atoms with Crippen LogP contribution in [0.15, 0.2) is 52.0 Å². The highest BCUT2D eigenvalue weighted by molar-refractivity contribution is 9.10. The number of nitro benzene ring substituents is 1. The summed E-state index contributed by atoms with van der Waals surface area (Å²) in [7, 11) is 1.30. The molecule has 0 aliphatic heterocycles. The number of methoxy groups -OCH3 is 1. The number of esters is 1. The molecule has 10 heteroatoms. The predicted molar refractivity (Wildman–Crippen MR) is 99.8 cm³/mol. The van der Waals surface area contributed by atoms with Gasteiger partial charge < -0.3 is 9.47 Å². The Bertz CT molecular complexity index is 883. The molecule has 27 heavy (non-hydrogen) atoms. The van der Waals surface area contributed by atoms with Gasteiger partial charge in [0.1, 0.15) is 5.75 Å². The van der Waals surface area contributed by atoms with Crippen LogP contribution in [-0.4, -0.2) is 36.7 Å². The van der Waals surface area contributed by atoms with Gasteiger partial charge in [-0.05, 0) is 39.7 Å². The van der Waals surface area contributed by atoms with Crippen molar-refractivity contribution in [1.82, 2.24) is 5.43 Å². The summed E-state index contributed by atoms with van der Waals surface area (Å²) in [6.45, 7) is -0.324. The van der Waals surface area contributed by atoms with E-state index >= 15 is 0 Å². The van der Waals surface area contributed by atoms with Crippen LogP contribution in [0.5, 0.6) is 5.75 Å². The molecule has 0 fully saturated rings. The van der Waals surface area contributed by atoms with Gasteiger partial charge in [0.2, 0.25) is 0 Å². The Kier molecular flexibility index (Phi) is 7.00. The number of ether oxygens (including phenoxy) is 2. The van der Waals surface area contributed by atoms with Gasteiger partial charge in [0.25, 0.3) is 11.6 Å². The van der Waals surface area contributed by atoms with Crippen LogP contribution < -0.4 is 10.2 Å². The normalized spacial score (nSPS) is 10.4. The molecule has 0 aliphatic rings. The quantitative estimate of drug-likeness (QED) is 0.309. The van der Waals surface area contributed by atoms with E-state index in [0.717, 1.165) is 0 Å². The third kappa shape index (κ3) is 5.89. The lowest BCUT2D eigenvalue weighted by Gasteiger charge is -2.06. The number of hydrogen-bond acceptors (Lipinski definition) is 7. The van der Waals surface area contributed by atoms with E-state index in [1.807, 2.05) is 0 Å². The number of hydrazone groups is 1. The fourth-order valence-electron chi connectivity index (χ4n) is 1.90. The average Bonchev–Trinajstić information content (AvgIpc) is 2.66. The Morgan fingerprint density at radius 1 is 1.26 bits per heavy atom. The Hall–Kier alpha value is -3.27. The van der Waals surface area contributed by atoms with E-state index in [1.54, 1.807) is 24.3 Å². The van der Waals surface area contributed by atoms with E-state index in [0.29, 0.717) is 15.6 Å². The van der Waals surface area contributed by atoms with Crippen molar-refractivity contribution >= 4 is 39.7 Å². The third-order valence-electron chi connectivity index (χ3n) is 3.22. The summed E-state index contributed by atoms with van der Waals surface area (Å²) in [5.74, 6) is -0.665. The zero-order chi connectivity index (χ0) is 19.8. The van der Waals surface area contributed by atoms with Gasteiger partial charge in [0.05, 0.1) is 28.3 Å². The molecule has 2 aromatic rings. The molecular formula is C17H14BrN3O6. The molecule has 0 saturated heterocycles. The molecule has 2 aromatic carbocycles. The fourth-order valence-corrected chi connectivity index (χ4v) is 2.38. The van der Waals surface area contributed by atoms with Crippen LogP contribution in [0.25, 0.3) is 0 Å². The first-order chi connectivity index (χ1) is 12.9. The van der Waals surface area contributed by atoms with Gasteiger partial charge in [-0.2, -0.15) is 5.10 Å². The van der Waals surface area contributed by atoms with Crippen molar-refractivity contribution in [2.45, 2.75) is 0 Å². The smallest absolute Gasteiger partial charge is 0.337 e. The Morgan fingerprint density at radius 3 is 2.56 bits per heavy atom. The number of halogens is 1. The van der Waals surface area contributed by atoms with Gasteiger partial charge >= 0.3 is 5.97 Å². The molecule has 0 radical (unpaired) electrons. The van der Waals surface area contributed by atoms with E-state index in [1.165, 1.54) is 31.5 Å². The number of rotatable bonds is 7. The monoisotopic (exact) mass is 435 g/mol. The number of hydrogen-bond donors (Lipinski definition) is 1. The van der Waals surface area contributed by atoms with Crippen LogP contribution >= 0.6 is 15.9 Å². The molecule has 2 rings (SSSR count). The lowest BCUT2D eigenvalue weighted by atomic mass is 10.1. The predicted octanol–water partition coefficient (Wildman–Crippen LogP) is 2.67. The van der Waals surface area contributed by atoms with Crippen LogP contribution in [0, 0.1) is 10.1 Å². The zero-order valence-electron chi connectivity index (χ0n) is 14.0. The minimum absolute atomic E-state index is 0.0958. The van der Waals surface area contributed by atoms with Gasteiger partial charge in [0, 0.05) is 12.1 Å². The number of amides is 1. The zero-order valence-corrected chi connectivity index (χ0v) is 15.6. The maximum absolute atomic E-state index is 11.7. The molecule has 0 bridgehead atoms. The molecule has 1 amide bonds. The maximum Gasteiger partial charge on any atom is 0.337 e. The van der Waals surface area contributed by atoms with Crippen molar-refractivity contribution in [2.24, 2.45) is 5.10 Å². The Labute approximate surface area is 162 Å². The van der Waals surface area contributed by atoms with E-state index in [4.69, 9.17) is 4.74 Å². The summed E-state index contributed by atoms with van der Waals surface area (Å²) >= 11 is 3.15. The SMILES string of the molecule is COC(=O)c1ccc(C=NNC(=O)COc2ccc([N+](=O)[O-])cc2Br)cc1. The van der Waals surface area contributed by atoms with E-state index in [2.05, 4.69) is 31.2 Å². The van der Waals surface area contributed by atoms with Crippen LogP contribution in [-0.2, 0) is 9.53 Å². The average molecular weight is 436 g/mol. The van der Waals surface area contributed by atoms with Crippen molar-refractivity contribution in [3.05, 3.63) is 68.2 Å². The summed E-state index contributed by atoms with van der Waals surface area (Å²) in [5.41, 5.74) is 3.27. The lowest BCUT2D eigenvalue weighted by Crippen LogP contribution is -2.24. The molecular weight excluding hydrogens is 422 g/mol. The summed E-state index contributed by atoms with van der Waals surface area (Å²) in [4.78, 5) is 33.2. The summed E-state index contributed by atoms with van der Waals surface area (Å²) in [6.07, 6.45) is 1.40. The van der Waals surface area contributed by atoms with Crippen LogP contribution in [0.1, 0.15) is 15.9 Å². The molecule has 0 aromatic heterocycles. The molecule has 0 unspecified atom stereocenters. The Morgan fingerprint density at radius 2 is 1.96 bits per heavy atom. The van der Waals surface area contributed by atoms with Crippen molar-refractivity contribution in [1.29, 1.82) is 0 Å². The second-order valence-electron chi connectivity index (χ2n) is 5.07. The number of non-ortho nitro benzene ring substituents is 1. The minimum Gasteiger partial charge on any atom is -0.483 e. The summed E-state index contributed by atoms with van der Waals surface area (Å²) < 4.78 is 10.2. The number of nitrogens with zero attached hydrogens (tertiary/aromatic N) is 2. The van der Waals surface area contributed by atoms with E-state index < -0.39 is 16.8 Å². The standard InChI is InChI=1S/C17H14BrN3O6/c1-26-17(23)12-4-2-11(3-5-12)9-19-20-16(22)10-27-15-7-6-13(21(24)25)8-14(15)18/h2-9H,10H2,1H3,(H,20,22). The highest BCUT2D eigenvalue weighted by Crippen LogP contribution is 2.28. The van der Waals surface area contributed by atoms with Gasteiger partial charge in [-0.1, -0.05) is 12.1 Å². The molecule has 0 heterocycles. The number of carbonyl (C=O) groups excluding carboxylic acids is 2. The van der Waals surface area contributed by atoms with Crippen molar-refractivity contribution in [3.8, 4) is 5.75 Å². The maximum atomic E-state index is 11.7. The van der Waals surface area contributed by atoms with Crippen LogP contribution in [0.4, 0.5) is 5.69 Å². The topological polar surface area (TPSA) is 120 Å². The van der Waals surface area contributed by atoms with Crippen molar-refractivity contribution in [3.63, 3.8) is 0 Å². The molecule has 0 aliphatic carbocycles. The third-order valence-corrected chi connectivity index (χ3v) is 3.84. The molecule has 0 saturated carbocycles. The lowest BCUT2D eigenvalue weighted by molar-refractivity contribution is -0.384. The highest BCUT2D eigenvalue weighted by Gasteiger charge is 2.11. The summed E-state index contributed by atoms with van der Waals surface area (Å²) in [6, 6.07) is 10.4. The van der Waals surface area contributed by atoms with Crippen molar-refractivity contribution in [2.75, 3.05) is 13.7 Å². The van der Waals surface area contributed by atoms with Crippen molar-refractivity contribution < 1.29 is 24.0 Å². The van der Waals surface area contributed by atoms with Gasteiger partial charge in [-0.15, -0.1) is 0 Å². The second kappa shape index (κ2) is 9.43. The molecule has 140 valence electrons. The Balaban J connectivity index is 1.85. The van der Waals surface area contributed by atoms with Gasteiger partial charge in [-0.3, -0.25) is 14.9 Å². The van der Waals surface area contributed by atoms with E-state index in [9.17, 15) is 19.7 Å². The molecule has 1 N–H and O–H groups in total. The first kappa shape index (κ1) is 20.0. The number of nitro groups is 1. The second-order valence-corrected chi connectivity index (χ2v) is 5.92. The summed E-state index contributed by atoms with van der Waals surface area (Å²) in [5, 5.41) is 14.5. The minimum atomic E-state index is -0.534. The van der Waals surface area contributed by atoms with Gasteiger partial charge in [0.15, 0.2) is 6.61 Å². The van der Waals surface area contributed by atoms with Crippen LogP contribution in [0.2, 0.25) is 0 Å². The molecule has 0 atom stereocenters. The number of benzene rings is 2. The number of carbonyl (C=O) groups is 2. The highest BCUT2D eigenvalue weighted by atomic mass is 79.9. The fraction of sp³-hybridized carbons (Fsp3) is 0.118. The first-order valence-electron chi connectivity index (χ1n) is 7.47. The first-order valence-corrected chi connectivity index (χ1v) is 8.27. The van der Waals surface area contributed by atoms with Gasteiger partial charge in [-0.25, -0.2) is 10.2 Å². The van der Waals surface area contributed by atoms with E-state index in [-0.39, 0.29) is 18.0 Å². The molecule has 0 spiro atoms.